The van der Waals surface area contributed by atoms with Gasteiger partial charge in [0.25, 0.3) is 0 Å². The molecule has 0 spiro atoms. The fourth-order valence-corrected chi connectivity index (χ4v) is 1.99. The van der Waals surface area contributed by atoms with Crippen LogP contribution in [0.1, 0.15) is 18.4 Å². The van der Waals surface area contributed by atoms with E-state index in [9.17, 15) is 14.3 Å². The summed E-state index contributed by atoms with van der Waals surface area (Å²) in [6, 6.07) is 11.2. The Morgan fingerprint density at radius 3 is 2.73 bits per heavy atom. The number of para-hydroxylation sites is 2. The molecular formula is C17H18FNO3. The third-order valence-corrected chi connectivity index (χ3v) is 3.16. The Bertz CT molecular complexity index is 638. The Morgan fingerprint density at radius 2 is 2.00 bits per heavy atom. The number of phenols is 1. The highest BCUT2D eigenvalue weighted by atomic mass is 19.1. The van der Waals surface area contributed by atoms with Gasteiger partial charge in [0.05, 0.1) is 12.3 Å². The van der Waals surface area contributed by atoms with Gasteiger partial charge in [-0.15, -0.1) is 0 Å². The smallest absolute Gasteiger partial charge is 0.224 e. The van der Waals surface area contributed by atoms with Gasteiger partial charge in [0.15, 0.2) is 11.6 Å². The highest BCUT2D eigenvalue weighted by Gasteiger charge is 2.09. The Balaban J connectivity index is 1.78. The number of nitrogens with one attached hydrogen (secondary N) is 1. The summed E-state index contributed by atoms with van der Waals surface area (Å²) in [5, 5.41) is 12.4. The number of halogens is 1. The van der Waals surface area contributed by atoms with Crippen molar-refractivity contribution < 1.29 is 19.0 Å². The zero-order chi connectivity index (χ0) is 15.9. The molecule has 0 saturated heterocycles. The minimum atomic E-state index is -0.420. The van der Waals surface area contributed by atoms with Crippen LogP contribution in [0.2, 0.25) is 0 Å². The summed E-state index contributed by atoms with van der Waals surface area (Å²) in [6.45, 7) is 2.05. The molecule has 0 atom stereocenters. The molecular weight excluding hydrogens is 285 g/mol. The highest BCUT2D eigenvalue weighted by Crippen LogP contribution is 2.26. The van der Waals surface area contributed by atoms with Crippen molar-refractivity contribution in [2.45, 2.75) is 19.8 Å². The molecule has 2 rings (SSSR count). The van der Waals surface area contributed by atoms with Crippen LogP contribution in [0.3, 0.4) is 0 Å². The third kappa shape index (κ3) is 4.22. The lowest BCUT2D eigenvalue weighted by atomic mass is 10.2. The Morgan fingerprint density at radius 1 is 1.23 bits per heavy atom. The Labute approximate surface area is 128 Å². The van der Waals surface area contributed by atoms with Gasteiger partial charge in [0.1, 0.15) is 5.75 Å². The van der Waals surface area contributed by atoms with Crippen LogP contribution in [-0.4, -0.2) is 17.6 Å². The molecule has 0 saturated carbocycles. The van der Waals surface area contributed by atoms with Gasteiger partial charge in [0, 0.05) is 6.42 Å². The molecule has 0 heterocycles. The predicted octanol–water partition coefficient (Wildman–Crippen LogP) is 3.64. The standard InChI is InChI=1S/C17H18FNO3/c1-12-6-4-8-14(20)17(12)19-16(21)10-5-11-22-15-9-3-2-7-13(15)18/h2-4,6-9,20H,5,10-11H2,1H3,(H,19,21). The SMILES string of the molecule is Cc1cccc(O)c1NC(=O)CCCOc1ccccc1F. The van der Waals surface area contributed by atoms with Crippen LogP contribution in [-0.2, 0) is 4.79 Å². The van der Waals surface area contributed by atoms with Crippen molar-refractivity contribution in [1.29, 1.82) is 0 Å². The average molecular weight is 303 g/mol. The third-order valence-electron chi connectivity index (χ3n) is 3.16. The first-order chi connectivity index (χ1) is 10.6. The molecule has 5 heteroatoms. The summed E-state index contributed by atoms with van der Waals surface area (Å²) >= 11 is 0. The molecule has 22 heavy (non-hydrogen) atoms. The summed E-state index contributed by atoms with van der Waals surface area (Å²) < 4.78 is 18.6. The van der Waals surface area contributed by atoms with Gasteiger partial charge in [-0.05, 0) is 37.1 Å². The first-order valence-electron chi connectivity index (χ1n) is 7.03. The number of aromatic hydroxyl groups is 1. The molecule has 0 aliphatic rings. The zero-order valence-corrected chi connectivity index (χ0v) is 12.3. The van der Waals surface area contributed by atoms with Crippen molar-refractivity contribution in [1.82, 2.24) is 0 Å². The van der Waals surface area contributed by atoms with E-state index in [2.05, 4.69) is 5.32 Å². The second-order valence-corrected chi connectivity index (χ2v) is 4.90. The van der Waals surface area contributed by atoms with Crippen molar-refractivity contribution in [3.8, 4) is 11.5 Å². The van der Waals surface area contributed by atoms with E-state index in [1.165, 1.54) is 12.1 Å². The lowest BCUT2D eigenvalue weighted by Crippen LogP contribution is -2.13. The van der Waals surface area contributed by atoms with Crippen molar-refractivity contribution in [2.75, 3.05) is 11.9 Å². The predicted molar refractivity (Wildman–Crippen MR) is 82.6 cm³/mol. The van der Waals surface area contributed by atoms with Crippen LogP contribution >= 0.6 is 0 Å². The molecule has 0 aliphatic heterocycles. The first-order valence-corrected chi connectivity index (χ1v) is 7.03. The van der Waals surface area contributed by atoms with E-state index in [1.54, 1.807) is 37.3 Å². The van der Waals surface area contributed by atoms with Crippen LogP contribution in [0.25, 0.3) is 0 Å². The van der Waals surface area contributed by atoms with Crippen molar-refractivity contribution >= 4 is 11.6 Å². The van der Waals surface area contributed by atoms with Gasteiger partial charge in [-0.3, -0.25) is 4.79 Å². The molecule has 0 aliphatic carbocycles. The zero-order valence-electron chi connectivity index (χ0n) is 12.3. The normalized spacial score (nSPS) is 10.3. The molecule has 0 aromatic heterocycles. The number of phenolic OH excluding ortho intramolecular Hbond substituents is 1. The van der Waals surface area contributed by atoms with Gasteiger partial charge < -0.3 is 15.2 Å². The molecule has 2 aromatic rings. The molecule has 116 valence electrons. The number of ether oxygens (including phenoxy) is 1. The molecule has 0 fully saturated rings. The van der Waals surface area contributed by atoms with Crippen LogP contribution in [0, 0.1) is 12.7 Å². The van der Waals surface area contributed by atoms with Gasteiger partial charge in [-0.2, -0.15) is 0 Å². The van der Waals surface area contributed by atoms with E-state index >= 15 is 0 Å². The Kier molecular flexibility index (Phi) is 5.36. The number of hydrogen-bond donors (Lipinski definition) is 2. The van der Waals surface area contributed by atoms with E-state index in [1.807, 2.05) is 0 Å². The minimum absolute atomic E-state index is 0.0379. The van der Waals surface area contributed by atoms with E-state index < -0.39 is 5.82 Å². The summed E-state index contributed by atoms with van der Waals surface area (Å²) in [5.74, 6) is -0.422. The lowest BCUT2D eigenvalue weighted by Gasteiger charge is -2.10. The summed E-state index contributed by atoms with van der Waals surface area (Å²) in [6.07, 6.45) is 0.676. The van der Waals surface area contributed by atoms with E-state index in [4.69, 9.17) is 4.74 Å². The highest BCUT2D eigenvalue weighted by molar-refractivity contribution is 5.93. The number of hydrogen-bond acceptors (Lipinski definition) is 3. The van der Waals surface area contributed by atoms with Gasteiger partial charge in [-0.25, -0.2) is 4.39 Å². The molecule has 1 amide bonds. The van der Waals surface area contributed by atoms with Crippen molar-refractivity contribution in [3.05, 3.63) is 53.8 Å². The number of rotatable bonds is 6. The summed E-state index contributed by atoms with van der Waals surface area (Å²) in [5.41, 5.74) is 1.21. The lowest BCUT2D eigenvalue weighted by molar-refractivity contribution is -0.116. The van der Waals surface area contributed by atoms with Crippen molar-refractivity contribution in [2.24, 2.45) is 0 Å². The van der Waals surface area contributed by atoms with Gasteiger partial charge >= 0.3 is 0 Å². The second-order valence-electron chi connectivity index (χ2n) is 4.90. The quantitative estimate of drug-likeness (QED) is 0.633. The maximum absolute atomic E-state index is 13.3. The molecule has 2 N–H and O–H groups in total. The van der Waals surface area contributed by atoms with E-state index in [0.717, 1.165) is 5.56 Å². The molecule has 0 unspecified atom stereocenters. The average Bonchev–Trinajstić information content (AvgIpc) is 2.49. The number of carbonyl (C=O) groups is 1. The number of aryl methyl sites for hydroxylation is 1. The fraction of sp³-hybridized carbons (Fsp3) is 0.235. The maximum Gasteiger partial charge on any atom is 0.224 e. The number of benzene rings is 2. The van der Waals surface area contributed by atoms with E-state index in [0.29, 0.717) is 12.1 Å². The van der Waals surface area contributed by atoms with Gasteiger partial charge in [0.2, 0.25) is 5.91 Å². The Hall–Kier alpha value is -2.56. The number of amides is 1. The van der Waals surface area contributed by atoms with Crippen LogP contribution in [0.5, 0.6) is 11.5 Å². The van der Waals surface area contributed by atoms with Crippen LogP contribution in [0.4, 0.5) is 10.1 Å². The summed E-state index contributed by atoms with van der Waals surface area (Å²) in [7, 11) is 0. The fourth-order valence-electron chi connectivity index (χ4n) is 1.99. The molecule has 4 nitrogen and oxygen atoms in total. The minimum Gasteiger partial charge on any atom is -0.506 e. The molecule has 0 radical (unpaired) electrons. The van der Waals surface area contributed by atoms with Crippen LogP contribution in [0.15, 0.2) is 42.5 Å². The van der Waals surface area contributed by atoms with E-state index in [-0.39, 0.29) is 30.4 Å². The number of carbonyl (C=O) groups excluding carboxylic acids is 1. The number of anilines is 1. The topological polar surface area (TPSA) is 58.6 Å². The monoisotopic (exact) mass is 303 g/mol. The van der Waals surface area contributed by atoms with Gasteiger partial charge in [-0.1, -0.05) is 24.3 Å². The largest absolute Gasteiger partial charge is 0.506 e. The maximum atomic E-state index is 13.3. The van der Waals surface area contributed by atoms with Crippen LogP contribution < -0.4 is 10.1 Å². The summed E-state index contributed by atoms with van der Waals surface area (Å²) in [4.78, 5) is 11.8. The first kappa shape index (κ1) is 15.8. The van der Waals surface area contributed by atoms with Crippen molar-refractivity contribution in [3.63, 3.8) is 0 Å². The second kappa shape index (κ2) is 7.45. The molecule has 0 bridgehead atoms. The molecule has 2 aromatic carbocycles.